The van der Waals surface area contributed by atoms with Gasteiger partial charge in [0.1, 0.15) is 0 Å². The van der Waals surface area contributed by atoms with E-state index in [2.05, 4.69) is 9.80 Å². The fraction of sp³-hybridized carbons (Fsp3) is 0.696. The van der Waals surface area contributed by atoms with Gasteiger partial charge in [0.25, 0.3) is 5.91 Å². The van der Waals surface area contributed by atoms with Gasteiger partial charge in [-0.15, -0.1) is 0 Å². The summed E-state index contributed by atoms with van der Waals surface area (Å²) in [6.45, 7) is 4.31. The van der Waals surface area contributed by atoms with Crippen molar-refractivity contribution in [1.29, 1.82) is 0 Å². The molecule has 0 bridgehead atoms. The number of amides is 1. The summed E-state index contributed by atoms with van der Waals surface area (Å²) in [5.74, 6) is 1.62. The Hall–Kier alpha value is -1.95. The molecule has 1 amide bonds. The highest BCUT2D eigenvalue weighted by atomic mass is 16.5. The molecule has 0 aromatic heterocycles. The number of nitrogens with zero attached hydrogens (tertiary/aromatic N) is 2. The Morgan fingerprint density at radius 3 is 2.10 bits per heavy atom. The lowest BCUT2D eigenvalue weighted by Gasteiger charge is -2.37. The van der Waals surface area contributed by atoms with Crippen LogP contribution in [0.1, 0.15) is 61.7 Å². The van der Waals surface area contributed by atoms with Gasteiger partial charge in [0.05, 0.1) is 21.3 Å². The maximum absolute atomic E-state index is 13.4. The molecule has 29 heavy (non-hydrogen) atoms. The van der Waals surface area contributed by atoms with Gasteiger partial charge < -0.3 is 24.0 Å². The number of ether oxygens (including phenoxy) is 3. The van der Waals surface area contributed by atoms with Gasteiger partial charge in [0.2, 0.25) is 5.75 Å². The maximum Gasteiger partial charge on any atom is 0.254 e. The molecular weight excluding hydrogens is 368 g/mol. The molecule has 1 unspecified atom stereocenters. The van der Waals surface area contributed by atoms with Crippen LogP contribution in [0.5, 0.6) is 17.2 Å². The van der Waals surface area contributed by atoms with Crippen LogP contribution in [0.25, 0.3) is 0 Å². The third kappa shape index (κ3) is 5.35. The largest absolute Gasteiger partial charge is 0.493 e. The summed E-state index contributed by atoms with van der Waals surface area (Å²) in [6, 6.07) is 3.84. The van der Waals surface area contributed by atoms with Crippen LogP contribution in [-0.4, -0.2) is 69.3 Å². The van der Waals surface area contributed by atoms with Gasteiger partial charge in [-0.2, -0.15) is 0 Å². The third-order valence-electron chi connectivity index (χ3n) is 6.28. The van der Waals surface area contributed by atoms with Gasteiger partial charge in [-0.05, 0) is 63.7 Å². The van der Waals surface area contributed by atoms with Crippen molar-refractivity contribution < 1.29 is 19.0 Å². The van der Waals surface area contributed by atoms with Crippen LogP contribution < -0.4 is 14.2 Å². The van der Waals surface area contributed by atoms with Crippen molar-refractivity contribution in [3.05, 3.63) is 17.7 Å². The molecule has 0 aliphatic carbocycles. The van der Waals surface area contributed by atoms with E-state index in [-0.39, 0.29) is 5.91 Å². The Morgan fingerprint density at radius 1 is 0.897 bits per heavy atom. The molecule has 0 radical (unpaired) electrons. The van der Waals surface area contributed by atoms with Crippen molar-refractivity contribution in [2.45, 2.75) is 57.4 Å². The summed E-state index contributed by atoms with van der Waals surface area (Å²) < 4.78 is 16.3. The van der Waals surface area contributed by atoms with E-state index in [9.17, 15) is 4.79 Å². The van der Waals surface area contributed by atoms with Gasteiger partial charge in [0, 0.05) is 24.7 Å². The van der Waals surface area contributed by atoms with Crippen molar-refractivity contribution in [2.75, 3.05) is 47.5 Å². The van der Waals surface area contributed by atoms with Gasteiger partial charge in [-0.1, -0.05) is 12.8 Å². The van der Waals surface area contributed by atoms with Crippen molar-refractivity contribution >= 4 is 5.91 Å². The zero-order valence-electron chi connectivity index (χ0n) is 18.2. The minimum absolute atomic E-state index is 0.0600. The summed E-state index contributed by atoms with van der Waals surface area (Å²) in [6.07, 6.45) is 9.72. The van der Waals surface area contributed by atoms with E-state index in [1.807, 2.05) is 0 Å². The SMILES string of the molecule is COc1cc(C(=O)N2CCCCC2CCN2CCCCCC2)cc(OC)c1OC. The van der Waals surface area contributed by atoms with Crippen LogP contribution in [0.15, 0.2) is 12.1 Å². The molecule has 2 aliphatic rings. The highest BCUT2D eigenvalue weighted by Gasteiger charge is 2.29. The van der Waals surface area contributed by atoms with Crippen molar-refractivity contribution in [2.24, 2.45) is 0 Å². The lowest BCUT2D eigenvalue weighted by atomic mass is 9.97. The molecule has 0 saturated carbocycles. The van der Waals surface area contributed by atoms with Crippen LogP contribution in [-0.2, 0) is 0 Å². The first-order chi connectivity index (χ1) is 14.2. The second kappa shape index (κ2) is 10.7. The normalized spacial score (nSPS) is 20.8. The van der Waals surface area contributed by atoms with E-state index in [1.165, 1.54) is 45.2 Å². The number of likely N-dealkylation sites (tertiary alicyclic amines) is 2. The van der Waals surface area contributed by atoms with E-state index in [0.717, 1.165) is 32.4 Å². The molecule has 2 fully saturated rings. The number of methoxy groups -OCH3 is 3. The number of hydrogen-bond acceptors (Lipinski definition) is 5. The standard InChI is InChI=1S/C23H36N2O4/c1-27-20-16-18(17-21(28-2)22(20)29-3)23(26)25-14-9-6-10-19(25)11-15-24-12-7-4-5-8-13-24/h16-17,19H,4-15H2,1-3H3. The van der Waals surface area contributed by atoms with Gasteiger partial charge in [0.15, 0.2) is 11.5 Å². The van der Waals surface area contributed by atoms with Crippen LogP contribution in [0.3, 0.4) is 0 Å². The van der Waals surface area contributed by atoms with Gasteiger partial charge in [-0.25, -0.2) is 0 Å². The van der Waals surface area contributed by atoms with Crippen molar-refractivity contribution in [3.8, 4) is 17.2 Å². The molecule has 6 nitrogen and oxygen atoms in total. The molecule has 1 aromatic carbocycles. The summed E-state index contributed by atoms with van der Waals surface area (Å²) in [5.41, 5.74) is 0.598. The number of hydrogen-bond donors (Lipinski definition) is 0. The Morgan fingerprint density at radius 2 is 1.52 bits per heavy atom. The molecule has 1 aromatic rings. The monoisotopic (exact) mass is 404 g/mol. The van der Waals surface area contributed by atoms with Crippen LogP contribution in [0.2, 0.25) is 0 Å². The summed E-state index contributed by atoms with van der Waals surface area (Å²) in [7, 11) is 4.73. The first kappa shape index (κ1) is 21.8. The topological polar surface area (TPSA) is 51.2 Å². The fourth-order valence-corrected chi connectivity index (χ4v) is 4.63. The molecule has 0 N–H and O–H groups in total. The number of benzene rings is 1. The molecule has 2 saturated heterocycles. The Bertz CT molecular complexity index is 646. The predicted molar refractivity (Wildman–Crippen MR) is 114 cm³/mol. The smallest absolute Gasteiger partial charge is 0.254 e. The Labute approximate surface area is 175 Å². The highest BCUT2D eigenvalue weighted by molar-refractivity contribution is 5.96. The Kier molecular flexibility index (Phi) is 8.04. The highest BCUT2D eigenvalue weighted by Crippen LogP contribution is 2.39. The quantitative estimate of drug-likeness (QED) is 0.688. The second-order valence-electron chi connectivity index (χ2n) is 8.11. The first-order valence-electron chi connectivity index (χ1n) is 11.0. The number of carbonyl (C=O) groups excluding carboxylic acids is 1. The van der Waals surface area contributed by atoms with Crippen molar-refractivity contribution in [1.82, 2.24) is 9.80 Å². The molecule has 2 heterocycles. The zero-order chi connectivity index (χ0) is 20.6. The zero-order valence-corrected chi connectivity index (χ0v) is 18.2. The molecule has 0 spiro atoms. The van der Waals surface area contributed by atoms with Crippen molar-refractivity contribution in [3.63, 3.8) is 0 Å². The number of piperidine rings is 1. The molecule has 3 rings (SSSR count). The minimum atomic E-state index is 0.0600. The molecule has 6 heteroatoms. The molecular formula is C23H36N2O4. The molecule has 1 atom stereocenters. The Balaban J connectivity index is 1.73. The minimum Gasteiger partial charge on any atom is -0.493 e. The van der Waals surface area contributed by atoms with Crippen LogP contribution >= 0.6 is 0 Å². The maximum atomic E-state index is 13.4. The molecule has 2 aliphatic heterocycles. The first-order valence-corrected chi connectivity index (χ1v) is 11.0. The number of carbonyl (C=O) groups is 1. The van der Waals surface area contributed by atoms with Gasteiger partial charge >= 0.3 is 0 Å². The average Bonchev–Trinajstić information content (AvgIpc) is 3.05. The third-order valence-corrected chi connectivity index (χ3v) is 6.28. The van der Waals surface area contributed by atoms with E-state index in [0.29, 0.717) is 28.9 Å². The van der Waals surface area contributed by atoms with E-state index < -0.39 is 0 Å². The average molecular weight is 405 g/mol. The fourth-order valence-electron chi connectivity index (χ4n) is 4.63. The molecule has 162 valence electrons. The summed E-state index contributed by atoms with van der Waals surface area (Å²) >= 11 is 0. The summed E-state index contributed by atoms with van der Waals surface area (Å²) in [5, 5.41) is 0. The van der Waals surface area contributed by atoms with E-state index in [1.54, 1.807) is 33.5 Å². The van der Waals surface area contributed by atoms with E-state index in [4.69, 9.17) is 14.2 Å². The van der Waals surface area contributed by atoms with Crippen LogP contribution in [0.4, 0.5) is 0 Å². The lowest BCUT2D eigenvalue weighted by Crippen LogP contribution is -2.45. The summed E-state index contributed by atoms with van der Waals surface area (Å²) in [4.78, 5) is 18.1. The lowest BCUT2D eigenvalue weighted by molar-refractivity contribution is 0.0583. The predicted octanol–water partition coefficient (Wildman–Crippen LogP) is 3.97. The number of rotatable bonds is 7. The van der Waals surface area contributed by atoms with E-state index >= 15 is 0 Å². The van der Waals surface area contributed by atoms with Gasteiger partial charge in [-0.3, -0.25) is 4.79 Å². The van der Waals surface area contributed by atoms with Crippen LogP contribution in [0, 0.1) is 0 Å². The second-order valence-corrected chi connectivity index (χ2v) is 8.11.